The number of aliphatic hydroxyl groups excluding tert-OH is 6. The van der Waals surface area contributed by atoms with Gasteiger partial charge in [-0.15, -0.1) is 0 Å². The number of hydrogen-bond donors (Lipinski definition) is 6. The van der Waals surface area contributed by atoms with Crippen molar-refractivity contribution in [3.63, 3.8) is 0 Å². The molecule has 0 radical (unpaired) electrons. The zero-order chi connectivity index (χ0) is 55.6. The zero-order valence-corrected chi connectivity index (χ0v) is 45.4. The summed E-state index contributed by atoms with van der Waals surface area (Å²) < 4.78 is 0. The summed E-state index contributed by atoms with van der Waals surface area (Å²) in [5.41, 5.74) is 5.82. The second kappa shape index (κ2) is 28.4. The van der Waals surface area contributed by atoms with Gasteiger partial charge in [0.05, 0.1) is 36.6 Å². The van der Waals surface area contributed by atoms with Crippen molar-refractivity contribution in [2.45, 2.75) is 78.2 Å². The minimum absolute atomic E-state index is 0.341. The molecule has 0 saturated heterocycles. The molecule has 0 saturated carbocycles. The van der Waals surface area contributed by atoms with Crippen LogP contribution < -0.4 is 0 Å². The summed E-state index contributed by atoms with van der Waals surface area (Å²) in [4.78, 5) is 0. The van der Waals surface area contributed by atoms with Crippen LogP contribution >= 0.6 is 0 Å². The summed E-state index contributed by atoms with van der Waals surface area (Å²) >= 11 is 0. The standard InChI is InChI=1S/C24H12.6C8H10O/c1-2-14-5-6-16-9-11-18-12-10-17-8-7-15-4-3-13(1)19-20(14)22(16)24(18)23(17)21(15)19;6*1-7(9)8-5-3-2-4-6-8/h1-12H;6*2-7,9H,1H3. The summed E-state index contributed by atoms with van der Waals surface area (Å²) in [5.74, 6) is 0. The summed E-state index contributed by atoms with van der Waals surface area (Å²) in [6, 6.07) is 84.8. The Bertz CT molecular complexity index is 2980. The molecular weight excluding hydrogens is 961 g/mol. The Hall–Kier alpha value is -8.04. The lowest BCUT2D eigenvalue weighted by Gasteiger charge is -2.20. The summed E-state index contributed by atoms with van der Waals surface area (Å²) in [6.45, 7) is 10.6. The van der Waals surface area contributed by atoms with E-state index in [-0.39, 0.29) is 36.6 Å². The normalized spacial score (nSPS) is 13.1. The molecule has 6 nitrogen and oxygen atoms in total. The van der Waals surface area contributed by atoms with Crippen LogP contribution in [0.25, 0.3) is 64.6 Å². The van der Waals surface area contributed by atoms with E-state index in [1.807, 2.05) is 182 Å². The van der Waals surface area contributed by atoms with E-state index in [0.717, 1.165) is 33.4 Å². The second-order valence-electron chi connectivity index (χ2n) is 19.5. The largest absolute Gasteiger partial charge is 0.389 e. The van der Waals surface area contributed by atoms with Crippen LogP contribution in [0.2, 0.25) is 0 Å². The van der Waals surface area contributed by atoms with Crippen LogP contribution in [0.15, 0.2) is 255 Å². The fourth-order valence-corrected chi connectivity index (χ4v) is 9.28. The summed E-state index contributed by atoms with van der Waals surface area (Å²) in [6.07, 6.45) is -2.05. The smallest absolute Gasteiger partial charge is 0.0761 e. The van der Waals surface area contributed by atoms with Gasteiger partial charge < -0.3 is 30.6 Å². The van der Waals surface area contributed by atoms with Crippen LogP contribution in [0.5, 0.6) is 0 Å². The minimum Gasteiger partial charge on any atom is -0.389 e. The highest BCUT2D eigenvalue weighted by Crippen LogP contribution is 2.48. The van der Waals surface area contributed by atoms with Crippen LogP contribution in [-0.2, 0) is 0 Å². The minimum atomic E-state index is -0.341. The molecule has 0 amide bonds. The van der Waals surface area contributed by atoms with Gasteiger partial charge in [0.1, 0.15) is 0 Å². The van der Waals surface area contributed by atoms with Crippen molar-refractivity contribution in [2.75, 3.05) is 0 Å². The third-order valence-electron chi connectivity index (χ3n) is 13.6. The van der Waals surface area contributed by atoms with E-state index < -0.39 is 0 Å². The Kier molecular flexibility index (Phi) is 21.0. The Morgan fingerprint density at radius 2 is 0.269 bits per heavy atom. The molecular formula is C72H72O6. The number of aliphatic hydroxyl groups is 6. The highest BCUT2D eigenvalue weighted by molar-refractivity contribution is 6.44. The lowest BCUT2D eigenvalue weighted by Crippen LogP contribution is -1.91. The van der Waals surface area contributed by atoms with E-state index >= 15 is 0 Å². The molecule has 0 aliphatic carbocycles. The third kappa shape index (κ3) is 15.1. The average molecular weight is 1030 g/mol. The molecule has 0 bridgehead atoms. The molecule has 6 heteroatoms. The van der Waals surface area contributed by atoms with Crippen LogP contribution in [0, 0.1) is 0 Å². The zero-order valence-electron chi connectivity index (χ0n) is 45.4. The Morgan fingerprint density at radius 1 is 0.167 bits per heavy atom. The van der Waals surface area contributed by atoms with E-state index in [4.69, 9.17) is 30.6 Å². The monoisotopic (exact) mass is 1030 g/mol. The summed E-state index contributed by atoms with van der Waals surface area (Å²) in [7, 11) is 0. The highest BCUT2D eigenvalue weighted by atomic mass is 16.3. The Balaban J connectivity index is 0.000000141. The van der Waals surface area contributed by atoms with Crippen molar-refractivity contribution in [2.24, 2.45) is 0 Å². The molecule has 0 aliphatic heterocycles. The van der Waals surface area contributed by atoms with Gasteiger partial charge >= 0.3 is 0 Å². The third-order valence-corrected chi connectivity index (χ3v) is 13.6. The van der Waals surface area contributed by atoms with Crippen molar-refractivity contribution in [1.82, 2.24) is 0 Å². The van der Waals surface area contributed by atoms with Crippen molar-refractivity contribution in [3.05, 3.63) is 288 Å². The Morgan fingerprint density at radius 3 is 0.346 bits per heavy atom. The quantitative estimate of drug-likeness (QED) is 0.0729. The molecule has 0 fully saturated rings. The van der Waals surface area contributed by atoms with Gasteiger partial charge in [-0.1, -0.05) is 255 Å². The maximum Gasteiger partial charge on any atom is 0.0761 e. The Labute approximate surface area is 459 Å². The van der Waals surface area contributed by atoms with Gasteiger partial charge in [-0.2, -0.15) is 0 Å². The summed E-state index contributed by atoms with van der Waals surface area (Å²) in [5, 5.41) is 70.9. The molecule has 6 unspecified atom stereocenters. The maximum atomic E-state index is 9.02. The number of rotatable bonds is 6. The highest BCUT2D eigenvalue weighted by Gasteiger charge is 2.19. The van der Waals surface area contributed by atoms with E-state index in [2.05, 4.69) is 72.8 Å². The van der Waals surface area contributed by atoms with Crippen LogP contribution in [0.3, 0.4) is 0 Å². The van der Waals surface area contributed by atoms with E-state index in [9.17, 15) is 0 Å². The van der Waals surface area contributed by atoms with Crippen molar-refractivity contribution in [3.8, 4) is 0 Å². The van der Waals surface area contributed by atoms with Gasteiger partial charge in [-0.05, 0) is 140 Å². The number of benzene rings is 13. The molecule has 0 aliphatic rings. The van der Waals surface area contributed by atoms with Gasteiger partial charge in [0.2, 0.25) is 0 Å². The van der Waals surface area contributed by atoms with Crippen molar-refractivity contribution in [1.29, 1.82) is 0 Å². The fraction of sp³-hybridized carbons (Fsp3) is 0.167. The van der Waals surface area contributed by atoms with Gasteiger partial charge in [-0.25, -0.2) is 0 Å². The van der Waals surface area contributed by atoms with Gasteiger partial charge in [0, 0.05) is 0 Å². The lowest BCUT2D eigenvalue weighted by molar-refractivity contribution is 0.199. The first-order valence-electron chi connectivity index (χ1n) is 26.7. The van der Waals surface area contributed by atoms with Crippen LogP contribution in [0.4, 0.5) is 0 Å². The molecule has 13 rings (SSSR count). The molecule has 13 aromatic carbocycles. The first kappa shape index (κ1) is 57.7. The van der Waals surface area contributed by atoms with E-state index in [1.165, 1.54) is 64.6 Å². The predicted octanol–water partition coefficient (Wildman–Crippen LogP) is 17.4. The van der Waals surface area contributed by atoms with Crippen LogP contribution in [-0.4, -0.2) is 30.6 Å². The van der Waals surface area contributed by atoms with E-state index in [0.29, 0.717) is 0 Å². The topological polar surface area (TPSA) is 121 Å². The van der Waals surface area contributed by atoms with Crippen molar-refractivity contribution >= 4 is 64.6 Å². The van der Waals surface area contributed by atoms with Gasteiger partial charge in [-0.3, -0.25) is 0 Å². The molecule has 6 atom stereocenters. The molecule has 13 aromatic rings. The van der Waals surface area contributed by atoms with Crippen LogP contribution in [0.1, 0.15) is 112 Å². The SMILES string of the molecule is CC(O)c1ccccc1.CC(O)c1ccccc1.CC(O)c1ccccc1.CC(O)c1ccccc1.CC(O)c1ccccc1.CC(O)c1ccccc1.c1cc2ccc3ccc4ccc5ccc6ccc1c1c2c3c4c5c61. The second-order valence-corrected chi connectivity index (χ2v) is 19.5. The molecule has 0 heterocycles. The molecule has 6 N–H and O–H groups in total. The number of hydrogen-bond acceptors (Lipinski definition) is 6. The molecule has 0 aromatic heterocycles. The maximum absolute atomic E-state index is 9.02. The van der Waals surface area contributed by atoms with E-state index in [1.54, 1.807) is 41.5 Å². The molecule has 0 spiro atoms. The molecule has 396 valence electrons. The lowest BCUT2D eigenvalue weighted by atomic mass is 9.83. The van der Waals surface area contributed by atoms with Gasteiger partial charge in [0.25, 0.3) is 0 Å². The molecule has 78 heavy (non-hydrogen) atoms. The first-order chi connectivity index (χ1) is 37.7. The van der Waals surface area contributed by atoms with Crippen molar-refractivity contribution < 1.29 is 30.6 Å². The van der Waals surface area contributed by atoms with Gasteiger partial charge in [0.15, 0.2) is 0 Å². The fourth-order valence-electron chi connectivity index (χ4n) is 9.28. The first-order valence-corrected chi connectivity index (χ1v) is 26.7. The predicted molar refractivity (Wildman–Crippen MR) is 327 cm³/mol. The average Bonchev–Trinajstić information content (AvgIpc) is 3.25.